The predicted octanol–water partition coefficient (Wildman–Crippen LogP) is 2.45. The van der Waals surface area contributed by atoms with E-state index in [1.807, 2.05) is 0 Å². The first-order valence-electron chi connectivity index (χ1n) is 7.93. The van der Waals surface area contributed by atoms with Gasteiger partial charge in [-0.2, -0.15) is 0 Å². The smallest absolute Gasteiger partial charge is 0.192 e. The van der Waals surface area contributed by atoms with Crippen molar-refractivity contribution in [3.8, 4) is 12.3 Å². The zero-order chi connectivity index (χ0) is 14.6. The summed E-state index contributed by atoms with van der Waals surface area (Å²) in [6.45, 7) is 5.41. The fraction of sp³-hybridized carbons (Fsp3) is 0.812. The molecule has 0 aromatic rings. The second kappa shape index (κ2) is 13.2. The zero-order valence-electron chi connectivity index (χ0n) is 13.5. The summed E-state index contributed by atoms with van der Waals surface area (Å²) in [7, 11) is 2.25. The molecule has 1 rings (SSSR count). The van der Waals surface area contributed by atoms with Crippen LogP contribution >= 0.6 is 24.0 Å². The minimum absolute atomic E-state index is 0. The fourth-order valence-electron chi connectivity index (χ4n) is 2.69. The second-order valence-corrected chi connectivity index (χ2v) is 5.44. The Morgan fingerprint density at radius 3 is 2.62 bits per heavy atom. The third-order valence-electron chi connectivity index (χ3n) is 3.84. The van der Waals surface area contributed by atoms with Crippen molar-refractivity contribution >= 4 is 29.9 Å². The van der Waals surface area contributed by atoms with Gasteiger partial charge in [0.25, 0.3) is 0 Å². The molecule has 1 saturated carbocycles. The van der Waals surface area contributed by atoms with E-state index in [9.17, 15) is 0 Å². The minimum atomic E-state index is 0. The Morgan fingerprint density at radius 1 is 1.29 bits per heavy atom. The van der Waals surface area contributed by atoms with Gasteiger partial charge in [-0.1, -0.05) is 25.2 Å². The van der Waals surface area contributed by atoms with Crippen molar-refractivity contribution in [2.45, 2.75) is 51.5 Å². The van der Waals surface area contributed by atoms with Crippen LogP contribution in [0.2, 0.25) is 0 Å². The van der Waals surface area contributed by atoms with Gasteiger partial charge in [0, 0.05) is 19.1 Å². The zero-order valence-corrected chi connectivity index (χ0v) is 15.9. The van der Waals surface area contributed by atoms with Gasteiger partial charge < -0.3 is 15.5 Å². The standard InChI is InChI=1S/C16H30N4.HI/c1-4-12-18-16(17-5-2)19-13-9-14-20(3)15-10-7-6-8-11-15;/h1,15H,5-14H2,2-3H3,(H2,17,18,19);1H. The Kier molecular flexibility index (Phi) is 12.9. The van der Waals surface area contributed by atoms with Crippen molar-refractivity contribution in [1.82, 2.24) is 15.5 Å². The van der Waals surface area contributed by atoms with Crippen molar-refractivity contribution in [1.29, 1.82) is 0 Å². The van der Waals surface area contributed by atoms with Crippen LogP contribution in [0, 0.1) is 12.3 Å². The summed E-state index contributed by atoms with van der Waals surface area (Å²) >= 11 is 0. The van der Waals surface area contributed by atoms with Gasteiger partial charge in [-0.05, 0) is 39.8 Å². The number of nitrogens with one attached hydrogen (secondary N) is 2. The first-order valence-corrected chi connectivity index (χ1v) is 7.93. The predicted molar refractivity (Wildman–Crippen MR) is 102 cm³/mol. The van der Waals surface area contributed by atoms with Gasteiger partial charge in [0.05, 0.1) is 6.54 Å². The first kappa shape index (κ1) is 20.5. The van der Waals surface area contributed by atoms with E-state index in [0.29, 0.717) is 6.54 Å². The highest BCUT2D eigenvalue weighted by Gasteiger charge is 2.17. The highest BCUT2D eigenvalue weighted by atomic mass is 127. The van der Waals surface area contributed by atoms with Gasteiger partial charge in [-0.15, -0.1) is 30.4 Å². The molecule has 21 heavy (non-hydrogen) atoms. The first-order chi connectivity index (χ1) is 9.77. The summed E-state index contributed by atoms with van der Waals surface area (Å²) in [5.74, 6) is 3.39. The lowest BCUT2D eigenvalue weighted by atomic mass is 9.94. The van der Waals surface area contributed by atoms with Crippen molar-refractivity contribution in [2.75, 3.05) is 33.2 Å². The third-order valence-corrected chi connectivity index (χ3v) is 3.84. The Hall–Kier alpha value is -0.480. The van der Waals surface area contributed by atoms with Crippen LogP contribution in [0.3, 0.4) is 0 Å². The van der Waals surface area contributed by atoms with E-state index in [1.54, 1.807) is 0 Å². The lowest BCUT2D eigenvalue weighted by molar-refractivity contribution is 0.191. The average molecular weight is 406 g/mol. The largest absolute Gasteiger partial charge is 0.357 e. The van der Waals surface area contributed by atoms with Crippen LogP contribution in [-0.4, -0.2) is 50.1 Å². The Morgan fingerprint density at radius 2 is 2.00 bits per heavy atom. The molecule has 0 unspecified atom stereocenters. The Bertz CT molecular complexity index is 319. The number of guanidine groups is 1. The Balaban J connectivity index is 0.00000400. The van der Waals surface area contributed by atoms with E-state index in [2.05, 4.69) is 40.4 Å². The SMILES string of the molecule is C#CCNC(=NCCCN(C)C1CCCCC1)NCC.I. The van der Waals surface area contributed by atoms with E-state index in [1.165, 1.54) is 32.1 Å². The third kappa shape index (κ3) is 9.20. The molecule has 0 spiro atoms. The molecular formula is C16H31IN4. The molecule has 0 aromatic carbocycles. The van der Waals surface area contributed by atoms with Gasteiger partial charge in [0.2, 0.25) is 0 Å². The molecule has 0 bridgehead atoms. The number of halogens is 1. The molecule has 0 heterocycles. The van der Waals surface area contributed by atoms with Crippen LogP contribution in [0.4, 0.5) is 0 Å². The van der Waals surface area contributed by atoms with E-state index >= 15 is 0 Å². The molecule has 0 aromatic heterocycles. The van der Waals surface area contributed by atoms with E-state index < -0.39 is 0 Å². The molecule has 4 nitrogen and oxygen atoms in total. The summed E-state index contributed by atoms with van der Waals surface area (Å²) < 4.78 is 0. The van der Waals surface area contributed by atoms with Gasteiger partial charge in [-0.3, -0.25) is 4.99 Å². The van der Waals surface area contributed by atoms with E-state index in [-0.39, 0.29) is 24.0 Å². The maximum Gasteiger partial charge on any atom is 0.192 e. The molecule has 122 valence electrons. The number of terminal acetylenes is 1. The quantitative estimate of drug-likeness (QED) is 0.224. The van der Waals surface area contributed by atoms with Crippen LogP contribution in [0.1, 0.15) is 45.4 Å². The monoisotopic (exact) mass is 406 g/mol. The topological polar surface area (TPSA) is 39.7 Å². The van der Waals surface area contributed by atoms with Crippen molar-refractivity contribution in [3.05, 3.63) is 0 Å². The van der Waals surface area contributed by atoms with Crippen LogP contribution < -0.4 is 10.6 Å². The molecule has 2 N–H and O–H groups in total. The summed E-state index contributed by atoms with van der Waals surface area (Å²) in [4.78, 5) is 7.05. The van der Waals surface area contributed by atoms with Gasteiger partial charge in [-0.25, -0.2) is 0 Å². The Labute approximate surface area is 147 Å². The molecule has 0 radical (unpaired) electrons. The van der Waals surface area contributed by atoms with Crippen LogP contribution in [-0.2, 0) is 0 Å². The van der Waals surface area contributed by atoms with E-state index in [4.69, 9.17) is 6.42 Å². The maximum atomic E-state index is 5.25. The normalized spacial score (nSPS) is 16.2. The van der Waals surface area contributed by atoms with E-state index in [0.717, 1.165) is 38.1 Å². The summed E-state index contributed by atoms with van der Waals surface area (Å²) in [5.41, 5.74) is 0. The highest BCUT2D eigenvalue weighted by molar-refractivity contribution is 14.0. The van der Waals surface area contributed by atoms with Crippen LogP contribution in [0.25, 0.3) is 0 Å². The summed E-state index contributed by atoms with van der Waals surface area (Å²) in [5, 5.41) is 6.31. The minimum Gasteiger partial charge on any atom is -0.357 e. The molecule has 0 atom stereocenters. The number of hydrogen-bond donors (Lipinski definition) is 2. The maximum absolute atomic E-state index is 5.25. The molecule has 5 heteroatoms. The fourth-order valence-corrected chi connectivity index (χ4v) is 2.69. The van der Waals surface area contributed by atoms with Crippen molar-refractivity contribution < 1.29 is 0 Å². The van der Waals surface area contributed by atoms with Crippen LogP contribution in [0.5, 0.6) is 0 Å². The van der Waals surface area contributed by atoms with Gasteiger partial charge in [0.1, 0.15) is 0 Å². The molecule has 1 aliphatic carbocycles. The van der Waals surface area contributed by atoms with Crippen molar-refractivity contribution in [2.24, 2.45) is 4.99 Å². The lowest BCUT2D eigenvalue weighted by Gasteiger charge is -2.31. The number of aliphatic imine (C=N–C) groups is 1. The second-order valence-electron chi connectivity index (χ2n) is 5.44. The summed E-state index contributed by atoms with van der Waals surface area (Å²) in [6.07, 6.45) is 13.3. The van der Waals surface area contributed by atoms with Gasteiger partial charge >= 0.3 is 0 Å². The molecule has 0 aliphatic heterocycles. The van der Waals surface area contributed by atoms with Crippen LogP contribution in [0.15, 0.2) is 4.99 Å². The average Bonchev–Trinajstić information content (AvgIpc) is 2.49. The number of hydrogen-bond acceptors (Lipinski definition) is 2. The lowest BCUT2D eigenvalue weighted by Crippen LogP contribution is -2.38. The highest BCUT2D eigenvalue weighted by Crippen LogP contribution is 2.21. The van der Waals surface area contributed by atoms with Gasteiger partial charge in [0.15, 0.2) is 5.96 Å². The summed E-state index contributed by atoms with van der Waals surface area (Å²) in [6, 6.07) is 0.792. The number of rotatable bonds is 7. The molecule has 1 fully saturated rings. The van der Waals surface area contributed by atoms with Crippen molar-refractivity contribution in [3.63, 3.8) is 0 Å². The molecule has 1 aliphatic rings. The molecule has 0 amide bonds. The molecule has 0 saturated heterocycles. The molecular weight excluding hydrogens is 375 g/mol. The number of nitrogens with zero attached hydrogens (tertiary/aromatic N) is 2.